The quantitative estimate of drug-likeness (QED) is 0.301. The number of rotatable bonds is 1. The standard InChI is InChI=1S/C15H15N.C12H9Br/c1-15(2)13-6-4-3-5-11(13)12-8-7-10(16)9-14(12)15;13-12-8-6-11(7-9-12)10-4-2-1-3-5-10/h3-9H,16H2,1-2H3;1-9H. The van der Waals surface area contributed by atoms with E-state index < -0.39 is 0 Å². The third-order valence-corrected chi connectivity index (χ3v) is 6.09. The molecule has 0 fully saturated rings. The van der Waals surface area contributed by atoms with Gasteiger partial charge in [0, 0.05) is 15.6 Å². The SMILES string of the molecule is Brc1ccc(-c2ccccc2)cc1.CC1(C)c2ccccc2-c2ccc(N)cc21. The van der Waals surface area contributed by atoms with E-state index in [-0.39, 0.29) is 5.41 Å². The highest BCUT2D eigenvalue weighted by Gasteiger charge is 2.34. The molecule has 1 aliphatic carbocycles. The maximum Gasteiger partial charge on any atom is 0.0317 e. The third kappa shape index (κ3) is 3.86. The predicted octanol–water partition coefficient (Wildman–Crippen LogP) is 7.69. The number of nitrogens with two attached hydrogens (primary N) is 1. The minimum Gasteiger partial charge on any atom is -0.399 e. The van der Waals surface area contributed by atoms with Crippen molar-refractivity contribution in [2.24, 2.45) is 0 Å². The summed E-state index contributed by atoms with van der Waals surface area (Å²) < 4.78 is 1.12. The highest BCUT2D eigenvalue weighted by atomic mass is 79.9. The van der Waals surface area contributed by atoms with Gasteiger partial charge in [0.25, 0.3) is 0 Å². The van der Waals surface area contributed by atoms with Gasteiger partial charge in [0.15, 0.2) is 0 Å². The fourth-order valence-corrected chi connectivity index (χ4v) is 4.26. The summed E-state index contributed by atoms with van der Waals surface area (Å²) in [5.41, 5.74) is 14.7. The van der Waals surface area contributed by atoms with E-state index >= 15 is 0 Å². The second-order valence-corrected chi connectivity index (χ2v) is 8.76. The summed E-state index contributed by atoms with van der Waals surface area (Å²) in [6, 6.07) is 33.5. The number of fused-ring (bicyclic) bond motifs is 3. The minimum absolute atomic E-state index is 0.0707. The van der Waals surface area contributed by atoms with E-state index in [9.17, 15) is 0 Å². The van der Waals surface area contributed by atoms with Crippen LogP contribution in [0, 0.1) is 0 Å². The minimum atomic E-state index is 0.0707. The Labute approximate surface area is 181 Å². The molecule has 144 valence electrons. The molecule has 4 aromatic rings. The number of halogens is 1. The molecule has 0 atom stereocenters. The van der Waals surface area contributed by atoms with Crippen LogP contribution in [-0.2, 0) is 5.41 Å². The topological polar surface area (TPSA) is 26.0 Å². The fraction of sp³-hybridized carbons (Fsp3) is 0.111. The molecule has 5 rings (SSSR count). The first-order valence-electron chi connectivity index (χ1n) is 9.78. The molecule has 0 unspecified atom stereocenters. The molecule has 0 aliphatic heterocycles. The lowest BCUT2D eigenvalue weighted by Crippen LogP contribution is -2.15. The van der Waals surface area contributed by atoms with Gasteiger partial charge < -0.3 is 5.73 Å². The van der Waals surface area contributed by atoms with Crippen LogP contribution in [0.3, 0.4) is 0 Å². The average molecular weight is 442 g/mol. The zero-order valence-electron chi connectivity index (χ0n) is 16.7. The second kappa shape index (κ2) is 7.88. The fourth-order valence-electron chi connectivity index (χ4n) is 3.99. The molecule has 2 N–H and O–H groups in total. The molecule has 1 aliphatic rings. The molecular formula is C27H24BrN. The van der Waals surface area contributed by atoms with E-state index in [1.54, 1.807) is 0 Å². The molecular weight excluding hydrogens is 418 g/mol. The number of nitrogen functional groups attached to an aromatic ring is 1. The Hall–Kier alpha value is -2.84. The molecule has 0 radical (unpaired) electrons. The maximum atomic E-state index is 5.89. The van der Waals surface area contributed by atoms with Crippen molar-refractivity contribution >= 4 is 21.6 Å². The number of benzene rings is 4. The first-order valence-corrected chi connectivity index (χ1v) is 10.6. The van der Waals surface area contributed by atoms with Crippen molar-refractivity contribution in [3.63, 3.8) is 0 Å². The first kappa shape index (κ1) is 19.5. The van der Waals surface area contributed by atoms with Crippen molar-refractivity contribution < 1.29 is 0 Å². The summed E-state index contributed by atoms with van der Waals surface area (Å²) in [6.07, 6.45) is 0. The molecule has 0 spiro atoms. The van der Waals surface area contributed by atoms with Crippen LogP contribution in [0.2, 0.25) is 0 Å². The molecule has 0 saturated heterocycles. The smallest absolute Gasteiger partial charge is 0.0317 e. The summed E-state index contributed by atoms with van der Waals surface area (Å²) in [6.45, 7) is 4.52. The first-order chi connectivity index (χ1) is 14.0. The van der Waals surface area contributed by atoms with Crippen LogP contribution in [0.4, 0.5) is 5.69 Å². The van der Waals surface area contributed by atoms with Crippen LogP contribution >= 0.6 is 15.9 Å². The summed E-state index contributed by atoms with van der Waals surface area (Å²) in [7, 11) is 0. The molecule has 0 saturated carbocycles. The lowest BCUT2D eigenvalue weighted by atomic mass is 9.82. The van der Waals surface area contributed by atoms with Crippen molar-refractivity contribution in [3.8, 4) is 22.3 Å². The summed E-state index contributed by atoms with van der Waals surface area (Å²) >= 11 is 3.42. The molecule has 29 heavy (non-hydrogen) atoms. The lowest BCUT2D eigenvalue weighted by Gasteiger charge is -2.21. The second-order valence-electron chi connectivity index (χ2n) is 7.85. The van der Waals surface area contributed by atoms with Crippen LogP contribution in [-0.4, -0.2) is 0 Å². The lowest BCUT2D eigenvalue weighted by molar-refractivity contribution is 0.660. The summed E-state index contributed by atoms with van der Waals surface area (Å²) in [5, 5.41) is 0. The molecule has 2 heteroatoms. The van der Waals surface area contributed by atoms with Gasteiger partial charge in [0.05, 0.1) is 0 Å². The predicted molar refractivity (Wildman–Crippen MR) is 128 cm³/mol. The van der Waals surface area contributed by atoms with Gasteiger partial charge in [-0.25, -0.2) is 0 Å². The normalized spacial score (nSPS) is 13.1. The zero-order valence-corrected chi connectivity index (χ0v) is 18.3. The van der Waals surface area contributed by atoms with E-state index in [1.807, 2.05) is 12.1 Å². The third-order valence-electron chi connectivity index (χ3n) is 5.56. The molecule has 0 bridgehead atoms. The highest BCUT2D eigenvalue weighted by Crippen LogP contribution is 2.48. The van der Waals surface area contributed by atoms with E-state index in [0.29, 0.717) is 0 Å². The average Bonchev–Trinajstić information content (AvgIpc) is 2.97. The van der Waals surface area contributed by atoms with Crippen molar-refractivity contribution in [1.29, 1.82) is 0 Å². The van der Waals surface area contributed by atoms with E-state index in [0.717, 1.165) is 10.2 Å². The summed E-state index contributed by atoms with van der Waals surface area (Å²) in [5.74, 6) is 0. The Morgan fingerprint density at radius 3 is 1.93 bits per heavy atom. The van der Waals surface area contributed by atoms with Crippen molar-refractivity contribution in [2.45, 2.75) is 19.3 Å². The van der Waals surface area contributed by atoms with Crippen LogP contribution in [0.1, 0.15) is 25.0 Å². The van der Waals surface area contributed by atoms with Gasteiger partial charge >= 0.3 is 0 Å². The number of hydrogen-bond acceptors (Lipinski definition) is 1. The Balaban J connectivity index is 0.000000145. The molecule has 0 amide bonds. The van der Waals surface area contributed by atoms with Gasteiger partial charge in [-0.1, -0.05) is 103 Å². The van der Waals surface area contributed by atoms with Gasteiger partial charge in [-0.2, -0.15) is 0 Å². The number of anilines is 1. The van der Waals surface area contributed by atoms with Gasteiger partial charge in [-0.15, -0.1) is 0 Å². The molecule has 0 heterocycles. The van der Waals surface area contributed by atoms with Crippen molar-refractivity contribution in [2.75, 3.05) is 5.73 Å². The Bertz CT molecular complexity index is 1130. The van der Waals surface area contributed by atoms with Gasteiger partial charge in [0.1, 0.15) is 0 Å². The monoisotopic (exact) mass is 441 g/mol. The zero-order chi connectivity index (χ0) is 20.4. The highest BCUT2D eigenvalue weighted by molar-refractivity contribution is 9.10. The van der Waals surface area contributed by atoms with Crippen LogP contribution < -0.4 is 5.73 Å². The van der Waals surface area contributed by atoms with Gasteiger partial charge in [-0.3, -0.25) is 0 Å². The van der Waals surface area contributed by atoms with E-state index in [2.05, 4.69) is 115 Å². The Morgan fingerprint density at radius 2 is 1.21 bits per heavy atom. The van der Waals surface area contributed by atoms with Crippen LogP contribution in [0.15, 0.2) is 102 Å². The summed E-state index contributed by atoms with van der Waals surface area (Å²) in [4.78, 5) is 0. The Morgan fingerprint density at radius 1 is 0.621 bits per heavy atom. The van der Waals surface area contributed by atoms with Crippen molar-refractivity contribution in [1.82, 2.24) is 0 Å². The molecule has 1 nitrogen and oxygen atoms in total. The van der Waals surface area contributed by atoms with Gasteiger partial charge in [0.2, 0.25) is 0 Å². The van der Waals surface area contributed by atoms with E-state index in [1.165, 1.54) is 33.4 Å². The maximum absolute atomic E-state index is 5.89. The van der Waals surface area contributed by atoms with Crippen molar-refractivity contribution in [3.05, 3.63) is 113 Å². The van der Waals surface area contributed by atoms with Crippen LogP contribution in [0.5, 0.6) is 0 Å². The molecule has 0 aromatic heterocycles. The molecule has 4 aromatic carbocycles. The van der Waals surface area contributed by atoms with E-state index in [4.69, 9.17) is 5.73 Å². The van der Waals surface area contributed by atoms with Crippen LogP contribution in [0.25, 0.3) is 22.3 Å². The Kier molecular flexibility index (Phi) is 5.29. The number of hydrogen-bond donors (Lipinski definition) is 1. The van der Waals surface area contributed by atoms with Gasteiger partial charge in [-0.05, 0) is 57.6 Å². The largest absolute Gasteiger partial charge is 0.399 e.